The molecule has 0 bridgehead atoms. The Morgan fingerprint density at radius 1 is 1.24 bits per heavy atom. The van der Waals surface area contributed by atoms with Crippen molar-refractivity contribution in [1.82, 2.24) is 0 Å². The number of benzene rings is 1. The fourth-order valence-electron chi connectivity index (χ4n) is 3.74. The fraction of sp³-hybridized carbons (Fsp3) is 0.579. The number of rotatable bonds is 2. The van der Waals surface area contributed by atoms with Crippen molar-refractivity contribution in [3.05, 3.63) is 29.3 Å². The highest BCUT2D eigenvalue weighted by molar-refractivity contribution is 5.66. The van der Waals surface area contributed by atoms with Crippen LogP contribution in [0.25, 0.3) is 6.08 Å². The number of hydrogen-bond acceptors (Lipinski definition) is 2. The van der Waals surface area contributed by atoms with Gasteiger partial charge in [-0.2, -0.15) is 0 Å². The third-order valence-corrected chi connectivity index (χ3v) is 4.67. The fourth-order valence-corrected chi connectivity index (χ4v) is 3.74. The number of anilines is 1. The SMILES string of the molecule is CC[C@H]1CNc2cc(C=C3CC(C)C[C@@H](C)C3)ccc2O1. The van der Waals surface area contributed by atoms with Crippen LogP contribution in [0.4, 0.5) is 5.69 Å². The molecule has 2 aliphatic rings. The zero-order chi connectivity index (χ0) is 14.8. The van der Waals surface area contributed by atoms with Crippen LogP contribution in [0.1, 0.15) is 52.0 Å². The molecule has 1 aliphatic carbocycles. The molecule has 21 heavy (non-hydrogen) atoms. The minimum Gasteiger partial charge on any atom is -0.486 e. The van der Waals surface area contributed by atoms with E-state index in [-0.39, 0.29) is 0 Å². The van der Waals surface area contributed by atoms with Crippen LogP contribution in [-0.2, 0) is 0 Å². The minimum absolute atomic E-state index is 0.307. The summed E-state index contributed by atoms with van der Waals surface area (Å²) in [4.78, 5) is 0. The summed E-state index contributed by atoms with van der Waals surface area (Å²) in [6.07, 6.45) is 7.62. The van der Waals surface area contributed by atoms with E-state index < -0.39 is 0 Å². The van der Waals surface area contributed by atoms with E-state index >= 15 is 0 Å². The van der Waals surface area contributed by atoms with Gasteiger partial charge < -0.3 is 10.1 Å². The van der Waals surface area contributed by atoms with Gasteiger partial charge in [-0.25, -0.2) is 0 Å². The summed E-state index contributed by atoms with van der Waals surface area (Å²) >= 11 is 0. The van der Waals surface area contributed by atoms with E-state index in [2.05, 4.69) is 50.4 Å². The van der Waals surface area contributed by atoms with Gasteiger partial charge in [-0.15, -0.1) is 0 Å². The van der Waals surface area contributed by atoms with Gasteiger partial charge >= 0.3 is 0 Å². The third kappa shape index (κ3) is 3.42. The Bertz CT molecular complexity index is 522. The lowest BCUT2D eigenvalue weighted by molar-refractivity contribution is 0.202. The van der Waals surface area contributed by atoms with Crippen molar-refractivity contribution >= 4 is 11.8 Å². The number of nitrogens with one attached hydrogen (secondary N) is 1. The molecule has 1 fully saturated rings. The van der Waals surface area contributed by atoms with Crippen LogP contribution in [0, 0.1) is 11.8 Å². The molecule has 1 aromatic carbocycles. The van der Waals surface area contributed by atoms with Gasteiger partial charge in [0.2, 0.25) is 0 Å². The monoisotopic (exact) mass is 285 g/mol. The number of hydrogen-bond donors (Lipinski definition) is 1. The molecule has 1 saturated carbocycles. The number of ether oxygens (including phenoxy) is 1. The predicted molar refractivity (Wildman–Crippen MR) is 89.8 cm³/mol. The Hall–Kier alpha value is -1.44. The summed E-state index contributed by atoms with van der Waals surface area (Å²) in [6.45, 7) is 7.83. The van der Waals surface area contributed by atoms with E-state index in [1.165, 1.54) is 24.8 Å². The molecule has 0 aromatic heterocycles. The van der Waals surface area contributed by atoms with Gasteiger partial charge in [-0.1, -0.05) is 38.5 Å². The average Bonchev–Trinajstić information content (AvgIpc) is 2.45. The van der Waals surface area contributed by atoms with Crippen LogP contribution in [0.5, 0.6) is 5.75 Å². The molecular weight excluding hydrogens is 258 g/mol. The van der Waals surface area contributed by atoms with Gasteiger partial charge in [0.1, 0.15) is 11.9 Å². The first kappa shape index (κ1) is 14.5. The molecule has 1 N–H and O–H groups in total. The van der Waals surface area contributed by atoms with Crippen LogP contribution in [0.3, 0.4) is 0 Å². The maximum atomic E-state index is 5.98. The molecule has 1 aliphatic heterocycles. The highest BCUT2D eigenvalue weighted by atomic mass is 16.5. The normalized spacial score (nSPS) is 30.4. The van der Waals surface area contributed by atoms with E-state index in [1.54, 1.807) is 5.57 Å². The number of fused-ring (bicyclic) bond motifs is 1. The maximum absolute atomic E-state index is 5.98. The molecule has 1 heterocycles. The molecule has 0 radical (unpaired) electrons. The van der Waals surface area contributed by atoms with Crippen molar-refractivity contribution in [2.75, 3.05) is 11.9 Å². The van der Waals surface area contributed by atoms with Crippen LogP contribution in [0.2, 0.25) is 0 Å². The van der Waals surface area contributed by atoms with Crippen LogP contribution >= 0.6 is 0 Å². The summed E-state index contributed by atoms with van der Waals surface area (Å²) in [5, 5.41) is 3.50. The maximum Gasteiger partial charge on any atom is 0.142 e. The first-order valence-corrected chi connectivity index (χ1v) is 8.38. The van der Waals surface area contributed by atoms with Gasteiger partial charge in [0.25, 0.3) is 0 Å². The average molecular weight is 285 g/mol. The number of allylic oxidation sites excluding steroid dienone is 1. The van der Waals surface area contributed by atoms with E-state index in [1.807, 2.05) is 0 Å². The zero-order valence-electron chi connectivity index (χ0n) is 13.5. The van der Waals surface area contributed by atoms with Crippen molar-refractivity contribution in [3.63, 3.8) is 0 Å². The van der Waals surface area contributed by atoms with Gasteiger partial charge in [0.15, 0.2) is 0 Å². The van der Waals surface area contributed by atoms with E-state index in [9.17, 15) is 0 Å². The molecule has 3 rings (SSSR count). The van der Waals surface area contributed by atoms with Gasteiger partial charge in [0, 0.05) is 0 Å². The predicted octanol–water partition coefficient (Wildman–Crippen LogP) is 5.11. The lowest BCUT2D eigenvalue weighted by Crippen LogP contribution is -2.29. The second kappa shape index (κ2) is 6.13. The highest BCUT2D eigenvalue weighted by Gasteiger charge is 2.20. The van der Waals surface area contributed by atoms with Crippen LogP contribution in [0.15, 0.2) is 23.8 Å². The van der Waals surface area contributed by atoms with Gasteiger partial charge in [0.05, 0.1) is 12.2 Å². The third-order valence-electron chi connectivity index (χ3n) is 4.67. The summed E-state index contributed by atoms with van der Waals surface area (Å²) in [6, 6.07) is 6.54. The Balaban J connectivity index is 1.78. The van der Waals surface area contributed by atoms with Crippen molar-refractivity contribution in [2.45, 2.75) is 52.6 Å². The Morgan fingerprint density at radius 3 is 2.71 bits per heavy atom. The summed E-state index contributed by atoms with van der Waals surface area (Å²) in [5.74, 6) is 2.65. The lowest BCUT2D eigenvalue weighted by atomic mass is 9.80. The minimum atomic E-state index is 0.307. The molecule has 1 unspecified atom stereocenters. The standard InChI is InChI=1S/C19H27NO/c1-4-17-12-20-18-11-15(5-6-19(18)21-17)10-16-8-13(2)7-14(3)9-16/h5-6,10-11,13-14,17,20H,4,7-9,12H2,1-3H3/t13-,14?,17+/m1/s1. The van der Waals surface area contributed by atoms with E-state index in [4.69, 9.17) is 4.74 Å². The first-order chi connectivity index (χ1) is 10.1. The Morgan fingerprint density at radius 2 is 2.00 bits per heavy atom. The molecular formula is C19H27NO. The van der Waals surface area contributed by atoms with Gasteiger partial charge in [-0.3, -0.25) is 0 Å². The van der Waals surface area contributed by atoms with Crippen LogP contribution in [-0.4, -0.2) is 12.6 Å². The van der Waals surface area contributed by atoms with Crippen LogP contribution < -0.4 is 10.1 Å². The molecule has 0 spiro atoms. The molecule has 2 heteroatoms. The summed E-state index contributed by atoms with van der Waals surface area (Å²) in [7, 11) is 0. The molecule has 1 aromatic rings. The molecule has 114 valence electrons. The van der Waals surface area contributed by atoms with E-state index in [0.717, 1.165) is 36.2 Å². The van der Waals surface area contributed by atoms with E-state index in [0.29, 0.717) is 6.10 Å². The first-order valence-electron chi connectivity index (χ1n) is 8.38. The molecule has 0 amide bonds. The van der Waals surface area contributed by atoms with Crippen molar-refractivity contribution in [1.29, 1.82) is 0 Å². The Kier molecular flexibility index (Phi) is 4.23. The largest absolute Gasteiger partial charge is 0.486 e. The Labute approximate surface area is 128 Å². The quantitative estimate of drug-likeness (QED) is 0.815. The van der Waals surface area contributed by atoms with Crippen molar-refractivity contribution in [2.24, 2.45) is 11.8 Å². The summed E-state index contributed by atoms with van der Waals surface area (Å²) < 4.78 is 5.98. The molecule has 2 nitrogen and oxygen atoms in total. The zero-order valence-corrected chi connectivity index (χ0v) is 13.5. The second-order valence-electron chi connectivity index (χ2n) is 6.94. The van der Waals surface area contributed by atoms with Crippen molar-refractivity contribution in [3.8, 4) is 5.75 Å². The summed E-state index contributed by atoms with van der Waals surface area (Å²) in [5.41, 5.74) is 4.05. The molecule has 3 atom stereocenters. The smallest absolute Gasteiger partial charge is 0.142 e. The lowest BCUT2D eigenvalue weighted by Gasteiger charge is -2.28. The van der Waals surface area contributed by atoms with Crippen molar-refractivity contribution < 1.29 is 4.74 Å². The topological polar surface area (TPSA) is 21.3 Å². The second-order valence-corrected chi connectivity index (χ2v) is 6.94. The molecule has 0 saturated heterocycles. The van der Waals surface area contributed by atoms with Gasteiger partial charge in [-0.05, 0) is 55.2 Å². The highest BCUT2D eigenvalue weighted by Crippen LogP contribution is 2.35.